The van der Waals surface area contributed by atoms with Crippen LogP contribution < -0.4 is 10.6 Å². The molecule has 0 bridgehead atoms. The summed E-state index contributed by atoms with van der Waals surface area (Å²) in [4.78, 5) is 35.6. The number of carbonyl (C=O) groups excluding carboxylic acids is 3. The molecule has 9 heteroatoms. The summed E-state index contributed by atoms with van der Waals surface area (Å²) in [6.45, 7) is -0.179. The number of amides is 1. The van der Waals surface area contributed by atoms with Crippen LogP contribution in [0.25, 0.3) is 0 Å². The van der Waals surface area contributed by atoms with Crippen LogP contribution in [0.1, 0.15) is 20.7 Å². The molecule has 0 saturated heterocycles. The Morgan fingerprint density at radius 2 is 1.59 bits per heavy atom. The Bertz CT molecular complexity index is 854. The number of halogens is 2. The summed E-state index contributed by atoms with van der Waals surface area (Å²) >= 11 is 5.88. The highest BCUT2D eigenvalue weighted by Gasteiger charge is 2.15. The number of methoxy groups -OCH3 is 2. The molecule has 0 saturated carbocycles. The van der Waals surface area contributed by atoms with Gasteiger partial charge in [0.05, 0.1) is 42.6 Å². The molecule has 0 heterocycles. The van der Waals surface area contributed by atoms with Crippen LogP contribution in [0.4, 0.5) is 15.8 Å². The van der Waals surface area contributed by atoms with E-state index in [9.17, 15) is 18.8 Å². The third kappa shape index (κ3) is 5.42. The maximum Gasteiger partial charge on any atom is 0.337 e. The first-order valence-corrected chi connectivity index (χ1v) is 8.02. The minimum absolute atomic E-state index is 0.0743. The lowest BCUT2D eigenvalue weighted by Crippen LogP contribution is -2.22. The largest absolute Gasteiger partial charge is 0.465 e. The van der Waals surface area contributed by atoms with Crippen molar-refractivity contribution in [2.45, 2.75) is 0 Å². The van der Waals surface area contributed by atoms with Crippen LogP contribution in [0.3, 0.4) is 0 Å². The van der Waals surface area contributed by atoms with Gasteiger partial charge in [-0.2, -0.15) is 0 Å². The Labute approximate surface area is 159 Å². The molecule has 27 heavy (non-hydrogen) atoms. The molecule has 0 aliphatic carbocycles. The molecule has 0 aromatic heterocycles. The van der Waals surface area contributed by atoms with Gasteiger partial charge in [-0.3, -0.25) is 4.79 Å². The Balaban J connectivity index is 2.13. The first-order valence-electron chi connectivity index (χ1n) is 7.64. The van der Waals surface area contributed by atoms with Crippen LogP contribution in [0.5, 0.6) is 0 Å². The average molecular weight is 395 g/mol. The Hall–Kier alpha value is -3.13. The van der Waals surface area contributed by atoms with Crippen LogP contribution in [0.2, 0.25) is 5.02 Å². The van der Waals surface area contributed by atoms with Crippen molar-refractivity contribution in [3.8, 4) is 0 Å². The first kappa shape index (κ1) is 20.2. The topological polar surface area (TPSA) is 93.7 Å². The van der Waals surface area contributed by atoms with Crippen molar-refractivity contribution in [3.63, 3.8) is 0 Å². The SMILES string of the molecule is COC(=O)c1cc(NC(=O)CNc2ccc(F)cc2Cl)cc(C(=O)OC)c1. The Kier molecular flexibility index (Phi) is 6.73. The number of rotatable bonds is 6. The molecule has 2 aromatic rings. The molecule has 0 radical (unpaired) electrons. The third-order valence-corrected chi connectivity index (χ3v) is 3.74. The van der Waals surface area contributed by atoms with Crippen molar-refractivity contribution >= 4 is 40.8 Å². The Morgan fingerprint density at radius 1 is 1.00 bits per heavy atom. The second-order valence-electron chi connectivity index (χ2n) is 5.31. The quantitative estimate of drug-likeness (QED) is 0.731. The summed E-state index contributed by atoms with van der Waals surface area (Å²) in [6.07, 6.45) is 0. The minimum atomic E-state index is -0.674. The minimum Gasteiger partial charge on any atom is -0.465 e. The van der Waals surface area contributed by atoms with Crippen molar-refractivity contribution in [3.05, 3.63) is 58.4 Å². The molecule has 0 aliphatic rings. The molecule has 0 unspecified atom stereocenters. The Morgan fingerprint density at radius 3 is 2.11 bits per heavy atom. The molecule has 0 aliphatic heterocycles. The molecule has 0 fully saturated rings. The van der Waals surface area contributed by atoms with Gasteiger partial charge in [-0.1, -0.05) is 11.6 Å². The number of benzene rings is 2. The van der Waals surface area contributed by atoms with Crippen LogP contribution >= 0.6 is 11.6 Å². The second kappa shape index (κ2) is 9.00. The predicted octanol–water partition coefficient (Wildman–Crippen LogP) is 3.10. The first-order chi connectivity index (χ1) is 12.8. The summed E-state index contributed by atoms with van der Waals surface area (Å²) in [7, 11) is 2.39. The summed E-state index contributed by atoms with van der Waals surface area (Å²) < 4.78 is 22.3. The monoisotopic (exact) mass is 394 g/mol. The maximum atomic E-state index is 13.0. The standard InChI is InChI=1S/C18H16ClFN2O5/c1-26-17(24)10-5-11(18(25)27-2)7-13(6-10)22-16(23)9-21-15-4-3-12(20)8-14(15)19/h3-8,21H,9H2,1-2H3,(H,22,23). The lowest BCUT2D eigenvalue weighted by molar-refractivity contribution is -0.114. The highest BCUT2D eigenvalue weighted by molar-refractivity contribution is 6.33. The van der Waals surface area contributed by atoms with Gasteiger partial charge in [-0.15, -0.1) is 0 Å². The number of esters is 2. The van der Waals surface area contributed by atoms with Gasteiger partial charge in [0.15, 0.2) is 0 Å². The lowest BCUT2D eigenvalue weighted by Gasteiger charge is -2.11. The van der Waals surface area contributed by atoms with Gasteiger partial charge in [0.25, 0.3) is 0 Å². The average Bonchev–Trinajstić information content (AvgIpc) is 2.65. The van der Waals surface area contributed by atoms with Gasteiger partial charge in [-0.25, -0.2) is 14.0 Å². The fraction of sp³-hybridized carbons (Fsp3) is 0.167. The summed E-state index contributed by atoms with van der Waals surface area (Å²) in [5.74, 6) is -2.32. The van der Waals surface area contributed by atoms with E-state index in [0.29, 0.717) is 5.69 Å². The van der Waals surface area contributed by atoms with E-state index in [1.165, 1.54) is 44.6 Å². The van der Waals surface area contributed by atoms with E-state index in [-0.39, 0.29) is 28.4 Å². The van der Waals surface area contributed by atoms with Gasteiger partial charge in [0.2, 0.25) is 5.91 Å². The second-order valence-corrected chi connectivity index (χ2v) is 5.72. The maximum absolute atomic E-state index is 13.0. The zero-order valence-electron chi connectivity index (χ0n) is 14.5. The zero-order chi connectivity index (χ0) is 20.0. The van der Waals surface area contributed by atoms with E-state index in [4.69, 9.17) is 11.6 Å². The number of ether oxygens (including phenoxy) is 2. The van der Waals surface area contributed by atoms with Crippen LogP contribution in [-0.2, 0) is 14.3 Å². The van der Waals surface area contributed by atoms with Crippen LogP contribution in [0.15, 0.2) is 36.4 Å². The van der Waals surface area contributed by atoms with Crippen molar-refractivity contribution in [1.82, 2.24) is 0 Å². The lowest BCUT2D eigenvalue weighted by atomic mass is 10.1. The molecule has 1 amide bonds. The fourth-order valence-corrected chi connectivity index (χ4v) is 2.42. The summed E-state index contributed by atoms with van der Waals surface area (Å²) in [5, 5.41) is 5.44. The molecular formula is C18H16ClFN2O5. The molecule has 0 spiro atoms. The molecular weight excluding hydrogens is 379 g/mol. The van der Waals surface area contributed by atoms with E-state index in [2.05, 4.69) is 20.1 Å². The summed E-state index contributed by atoms with van der Waals surface area (Å²) in [5.41, 5.74) is 0.734. The molecule has 142 valence electrons. The molecule has 2 rings (SSSR count). The highest BCUT2D eigenvalue weighted by Crippen LogP contribution is 2.22. The van der Waals surface area contributed by atoms with E-state index in [0.717, 1.165) is 6.07 Å². The number of hydrogen-bond donors (Lipinski definition) is 2. The molecule has 7 nitrogen and oxygen atoms in total. The fourth-order valence-electron chi connectivity index (χ4n) is 2.18. The number of nitrogens with one attached hydrogen (secondary N) is 2. The smallest absolute Gasteiger partial charge is 0.337 e. The van der Waals surface area contributed by atoms with Gasteiger partial charge in [0, 0.05) is 5.69 Å². The van der Waals surface area contributed by atoms with E-state index >= 15 is 0 Å². The number of carbonyl (C=O) groups is 3. The van der Waals surface area contributed by atoms with Gasteiger partial charge < -0.3 is 20.1 Å². The molecule has 2 N–H and O–H groups in total. The highest BCUT2D eigenvalue weighted by atomic mass is 35.5. The molecule has 2 aromatic carbocycles. The van der Waals surface area contributed by atoms with Crippen molar-refractivity contribution in [2.24, 2.45) is 0 Å². The van der Waals surface area contributed by atoms with Crippen molar-refractivity contribution in [2.75, 3.05) is 31.4 Å². The zero-order valence-corrected chi connectivity index (χ0v) is 15.2. The van der Waals surface area contributed by atoms with E-state index < -0.39 is 23.7 Å². The van der Waals surface area contributed by atoms with Crippen molar-refractivity contribution < 1.29 is 28.2 Å². The van der Waals surface area contributed by atoms with E-state index in [1.54, 1.807) is 0 Å². The van der Waals surface area contributed by atoms with Crippen LogP contribution in [0, 0.1) is 5.82 Å². The third-order valence-electron chi connectivity index (χ3n) is 3.43. The number of hydrogen-bond acceptors (Lipinski definition) is 6. The number of anilines is 2. The van der Waals surface area contributed by atoms with Gasteiger partial charge in [-0.05, 0) is 36.4 Å². The summed E-state index contributed by atoms with van der Waals surface area (Å²) in [6, 6.07) is 7.74. The van der Waals surface area contributed by atoms with Crippen LogP contribution in [-0.4, -0.2) is 38.6 Å². The van der Waals surface area contributed by atoms with Gasteiger partial charge in [0.1, 0.15) is 5.82 Å². The van der Waals surface area contributed by atoms with E-state index in [1.807, 2.05) is 0 Å². The van der Waals surface area contributed by atoms with Gasteiger partial charge >= 0.3 is 11.9 Å². The van der Waals surface area contributed by atoms with Crippen molar-refractivity contribution in [1.29, 1.82) is 0 Å². The predicted molar refractivity (Wildman–Crippen MR) is 97.7 cm³/mol. The molecule has 0 atom stereocenters. The normalized spacial score (nSPS) is 10.1.